The summed E-state index contributed by atoms with van der Waals surface area (Å²) in [6, 6.07) is 6.25. The van der Waals surface area contributed by atoms with E-state index in [0.29, 0.717) is 11.1 Å². The minimum atomic E-state index is 0.543. The number of nitrogens with two attached hydrogens (primary N) is 1. The number of hydrogen-bond acceptors (Lipinski definition) is 2. The second kappa shape index (κ2) is 7.57. The number of benzene rings is 1. The Balaban J connectivity index is 2.34. The summed E-state index contributed by atoms with van der Waals surface area (Å²) in [7, 11) is 0. The van der Waals surface area contributed by atoms with Crippen LogP contribution in [0, 0.1) is 0 Å². The average molecular weight is 255 g/mol. The summed E-state index contributed by atoms with van der Waals surface area (Å²) in [5.74, 6) is 0. The van der Waals surface area contributed by atoms with E-state index in [-0.39, 0.29) is 0 Å². The Morgan fingerprint density at radius 1 is 1.29 bits per heavy atom. The second-order valence-corrected chi connectivity index (χ2v) is 5.11. The fraction of sp³-hybridized carbons (Fsp3) is 0.571. The fourth-order valence-corrected chi connectivity index (χ4v) is 2.14. The van der Waals surface area contributed by atoms with Gasteiger partial charge in [0.15, 0.2) is 0 Å². The summed E-state index contributed by atoms with van der Waals surface area (Å²) in [5, 5.41) is 4.21. The molecule has 0 saturated heterocycles. The Morgan fingerprint density at radius 3 is 2.71 bits per heavy atom. The largest absolute Gasteiger partial charge is 0.399 e. The molecule has 3 N–H and O–H groups in total. The van der Waals surface area contributed by atoms with Gasteiger partial charge in [-0.3, -0.25) is 0 Å². The Hall–Kier alpha value is -0.730. The Morgan fingerprint density at radius 2 is 2.06 bits per heavy atom. The number of nitrogens with one attached hydrogen (secondary N) is 1. The van der Waals surface area contributed by atoms with Gasteiger partial charge in [-0.15, -0.1) is 0 Å². The van der Waals surface area contributed by atoms with Gasteiger partial charge in [-0.05, 0) is 37.1 Å². The number of nitrogen functional groups attached to an aromatic ring is 1. The lowest BCUT2D eigenvalue weighted by atomic mass is 10.1. The van der Waals surface area contributed by atoms with Crippen LogP contribution in [0.25, 0.3) is 0 Å². The standard InChI is InChI=1S/C14H23ClN2/c1-3-4-5-6-11(2)17-10-12-7-13(15)9-14(16)8-12/h7-9,11,17H,3-6,10,16H2,1-2H3. The highest BCUT2D eigenvalue weighted by Crippen LogP contribution is 2.16. The summed E-state index contributed by atoms with van der Waals surface area (Å²) in [5.41, 5.74) is 7.63. The Labute approximate surface area is 110 Å². The van der Waals surface area contributed by atoms with Crippen LogP contribution < -0.4 is 11.1 Å². The second-order valence-electron chi connectivity index (χ2n) is 4.67. The molecule has 1 atom stereocenters. The first-order valence-corrected chi connectivity index (χ1v) is 6.78. The number of anilines is 1. The molecule has 0 aliphatic rings. The monoisotopic (exact) mass is 254 g/mol. The van der Waals surface area contributed by atoms with Crippen molar-refractivity contribution in [2.24, 2.45) is 0 Å². The molecule has 96 valence electrons. The normalized spacial score (nSPS) is 12.6. The molecule has 0 aliphatic heterocycles. The van der Waals surface area contributed by atoms with E-state index in [1.807, 2.05) is 12.1 Å². The van der Waals surface area contributed by atoms with Crippen molar-refractivity contribution >= 4 is 17.3 Å². The number of unbranched alkanes of at least 4 members (excludes halogenated alkanes) is 2. The van der Waals surface area contributed by atoms with Crippen LogP contribution in [-0.4, -0.2) is 6.04 Å². The van der Waals surface area contributed by atoms with Crippen molar-refractivity contribution < 1.29 is 0 Å². The van der Waals surface area contributed by atoms with Gasteiger partial charge in [-0.25, -0.2) is 0 Å². The van der Waals surface area contributed by atoms with Gasteiger partial charge in [-0.1, -0.05) is 37.8 Å². The van der Waals surface area contributed by atoms with Crippen molar-refractivity contribution in [2.45, 2.75) is 52.1 Å². The van der Waals surface area contributed by atoms with Gasteiger partial charge in [0.1, 0.15) is 0 Å². The van der Waals surface area contributed by atoms with Crippen molar-refractivity contribution in [1.29, 1.82) is 0 Å². The summed E-state index contributed by atoms with van der Waals surface area (Å²) in [6.45, 7) is 5.29. The molecule has 0 radical (unpaired) electrons. The van der Waals surface area contributed by atoms with Crippen LogP contribution in [0.15, 0.2) is 18.2 Å². The molecule has 17 heavy (non-hydrogen) atoms. The van der Waals surface area contributed by atoms with E-state index in [0.717, 1.165) is 17.8 Å². The minimum Gasteiger partial charge on any atom is -0.399 e. The first-order valence-electron chi connectivity index (χ1n) is 6.40. The molecule has 0 aliphatic carbocycles. The third kappa shape index (κ3) is 5.94. The number of hydrogen-bond donors (Lipinski definition) is 2. The molecule has 3 heteroatoms. The maximum absolute atomic E-state index is 5.96. The average Bonchev–Trinajstić information content (AvgIpc) is 2.25. The lowest BCUT2D eigenvalue weighted by Crippen LogP contribution is -2.25. The predicted molar refractivity (Wildman–Crippen MR) is 76.3 cm³/mol. The summed E-state index contributed by atoms with van der Waals surface area (Å²) >= 11 is 5.96. The molecule has 0 bridgehead atoms. The van der Waals surface area contributed by atoms with Crippen LogP contribution in [0.2, 0.25) is 5.02 Å². The van der Waals surface area contributed by atoms with E-state index >= 15 is 0 Å². The van der Waals surface area contributed by atoms with Gasteiger partial charge >= 0.3 is 0 Å². The molecule has 2 nitrogen and oxygen atoms in total. The lowest BCUT2D eigenvalue weighted by Gasteiger charge is -2.14. The van der Waals surface area contributed by atoms with Crippen LogP contribution in [0.4, 0.5) is 5.69 Å². The van der Waals surface area contributed by atoms with Crippen molar-refractivity contribution in [3.05, 3.63) is 28.8 Å². The molecule has 0 saturated carbocycles. The quantitative estimate of drug-likeness (QED) is 0.571. The third-order valence-electron chi connectivity index (χ3n) is 2.88. The van der Waals surface area contributed by atoms with E-state index in [4.69, 9.17) is 17.3 Å². The summed E-state index contributed by atoms with van der Waals surface area (Å²) in [4.78, 5) is 0. The van der Waals surface area contributed by atoms with Crippen molar-refractivity contribution in [3.63, 3.8) is 0 Å². The first-order chi connectivity index (χ1) is 8.11. The molecular formula is C14H23ClN2. The van der Waals surface area contributed by atoms with E-state index in [1.54, 1.807) is 6.07 Å². The van der Waals surface area contributed by atoms with Crippen LogP contribution in [0.5, 0.6) is 0 Å². The summed E-state index contributed by atoms with van der Waals surface area (Å²) in [6.07, 6.45) is 5.11. The van der Waals surface area contributed by atoms with Gasteiger partial charge in [0.2, 0.25) is 0 Å². The molecule has 1 unspecified atom stereocenters. The van der Waals surface area contributed by atoms with Crippen molar-refractivity contribution in [3.8, 4) is 0 Å². The minimum absolute atomic E-state index is 0.543. The molecule has 0 aromatic heterocycles. The van der Waals surface area contributed by atoms with Crippen LogP contribution in [0.3, 0.4) is 0 Å². The lowest BCUT2D eigenvalue weighted by molar-refractivity contribution is 0.487. The van der Waals surface area contributed by atoms with E-state index < -0.39 is 0 Å². The molecule has 0 amide bonds. The number of rotatable bonds is 7. The highest BCUT2D eigenvalue weighted by molar-refractivity contribution is 6.30. The molecule has 1 rings (SSSR count). The topological polar surface area (TPSA) is 38.0 Å². The van der Waals surface area contributed by atoms with Gasteiger partial charge in [0.05, 0.1) is 0 Å². The van der Waals surface area contributed by atoms with Crippen LogP contribution in [-0.2, 0) is 6.54 Å². The maximum Gasteiger partial charge on any atom is 0.0429 e. The van der Waals surface area contributed by atoms with Crippen LogP contribution in [0.1, 0.15) is 45.1 Å². The van der Waals surface area contributed by atoms with Gasteiger partial charge in [0, 0.05) is 23.3 Å². The van der Waals surface area contributed by atoms with E-state index in [9.17, 15) is 0 Å². The molecule has 0 fully saturated rings. The first kappa shape index (κ1) is 14.3. The fourth-order valence-electron chi connectivity index (χ4n) is 1.87. The number of halogens is 1. The molecule has 0 spiro atoms. The van der Waals surface area contributed by atoms with E-state index in [2.05, 4.69) is 19.2 Å². The molecular weight excluding hydrogens is 232 g/mol. The molecule has 1 aromatic rings. The van der Waals surface area contributed by atoms with Gasteiger partial charge < -0.3 is 11.1 Å². The van der Waals surface area contributed by atoms with Crippen LogP contribution >= 0.6 is 11.6 Å². The summed E-state index contributed by atoms with van der Waals surface area (Å²) < 4.78 is 0. The molecule has 1 aromatic carbocycles. The third-order valence-corrected chi connectivity index (χ3v) is 3.09. The Bertz CT molecular complexity index is 319. The van der Waals surface area contributed by atoms with Crippen molar-refractivity contribution in [2.75, 3.05) is 5.73 Å². The molecule has 0 heterocycles. The predicted octanol–water partition coefficient (Wildman–Crippen LogP) is 3.98. The highest BCUT2D eigenvalue weighted by Gasteiger charge is 2.02. The zero-order valence-corrected chi connectivity index (χ0v) is 11.6. The highest BCUT2D eigenvalue weighted by atomic mass is 35.5. The van der Waals surface area contributed by atoms with Gasteiger partial charge in [-0.2, -0.15) is 0 Å². The Kier molecular flexibility index (Phi) is 6.38. The van der Waals surface area contributed by atoms with E-state index in [1.165, 1.54) is 25.7 Å². The zero-order chi connectivity index (χ0) is 12.7. The SMILES string of the molecule is CCCCCC(C)NCc1cc(N)cc(Cl)c1. The van der Waals surface area contributed by atoms with Gasteiger partial charge in [0.25, 0.3) is 0 Å². The van der Waals surface area contributed by atoms with Crippen molar-refractivity contribution in [1.82, 2.24) is 5.32 Å². The maximum atomic E-state index is 5.96. The smallest absolute Gasteiger partial charge is 0.0429 e. The zero-order valence-electron chi connectivity index (χ0n) is 10.8.